The fourth-order valence-electron chi connectivity index (χ4n) is 3.18. The van der Waals surface area contributed by atoms with Crippen LogP contribution in [0.2, 0.25) is 0 Å². The van der Waals surface area contributed by atoms with E-state index < -0.39 is 0 Å². The lowest BCUT2D eigenvalue weighted by atomic mass is 9.92. The molecule has 0 nitrogen and oxygen atoms in total. The molecule has 0 rings (SSSR count). The van der Waals surface area contributed by atoms with Crippen LogP contribution in [-0.2, 0) is 0 Å². The van der Waals surface area contributed by atoms with Gasteiger partial charge >= 0.3 is 0 Å². The lowest BCUT2D eigenvalue weighted by Gasteiger charge is -2.14. The minimum atomic E-state index is 0.917. The van der Waals surface area contributed by atoms with E-state index in [4.69, 9.17) is 0 Å². The van der Waals surface area contributed by atoms with Gasteiger partial charge in [0.05, 0.1) is 0 Å². The molecule has 0 heteroatoms. The standard InChI is InChI=1S/C23H42/c1-4-7-9-11-13-15-17-19-22-23(20-6-3)21-18-16-14-12-10-8-5-2/h23H,1-2,4-14,16,18-22H2,3H3. The highest BCUT2D eigenvalue weighted by atomic mass is 14.1. The van der Waals surface area contributed by atoms with E-state index in [1.54, 1.807) is 0 Å². The molecular formula is C23H42. The number of hydrogen-bond donors (Lipinski definition) is 0. The maximum Gasteiger partial charge on any atom is 0.00913 e. The highest BCUT2D eigenvalue weighted by Crippen LogP contribution is 2.21. The zero-order valence-electron chi connectivity index (χ0n) is 16.0. The van der Waals surface area contributed by atoms with Crippen molar-refractivity contribution in [3.63, 3.8) is 0 Å². The molecule has 0 saturated heterocycles. The Morgan fingerprint density at radius 1 is 0.609 bits per heavy atom. The van der Waals surface area contributed by atoms with Crippen LogP contribution in [0.25, 0.3) is 0 Å². The predicted molar refractivity (Wildman–Crippen MR) is 106 cm³/mol. The van der Waals surface area contributed by atoms with Crippen molar-refractivity contribution in [1.82, 2.24) is 0 Å². The molecule has 23 heavy (non-hydrogen) atoms. The predicted octanol–water partition coefficient (Wildman–Crippen LogP) is 7.93. The minimum Gasteiger partial charge on any atom is -0.103 e. The van der Waals surface area contributed by atoms with Crippen LogP contribution < -0.4 is 0 Å². The summed E-state index contributed by atoms with van der Waals surface area (Å²) in [5, 5.41) is 0. The first-order chi connectivity index (χ1) is 11.3. The summed E-state index contributed by atoms with van der Waals surface area (Å²) in [5.41, 5.74) is 0. The Balaban J connectivity index is 3.59. The SMILES string of the molecule is [CH2]CCCCCC#CCCC(CCC)CCCCCCCC[CH2]. The van der Waals surface area contributed by atoms with Crippen molar-refractivity contribution in [3.05, 3.63) is 13.8 Å². The summed E-state index contributed by atoms with van der Waals surface area (Å²) < 4.78 is 0. The first-order valence-corrected chi connectivity index (χ1v) is 10.4. The van der Waals surface area contributed by atoms with Crippen LogP contribution >= 0.6 is 0 Å². The minimum absolute atomic E-state index is 0.917. The smallest absolute Gasteiger partial charge is 0.00913 e. The molecule has 0 aromatic carbocycles. The summed E-state index contributed by atoms with van der Waals surface area (Å²) in [7, 11) is 0. The Bertz CT molecular complexity index is 267. The van der Waals surface area contributed by atoms with E-state index in [0.29, 0.717) is 0 Å². The van der Waals surface area contributed by atoms with Gasteiger partial charge in [0.2, 0.25) is 0 Å². The summed E-state index contributed by atoms with van der Waals surface area (Å²) in [5.74, 6) is 7.68. The molecule has 0 aromatic rings. The molecule has 0 saturated carbocycles. The van der Waals surface area contributed by atoms with E-state index in [1.807, 2.05) is 0 Å². The van der Waals surface area contributed by atoms with Gasteiger partial charge in [0.15, 0.2) is 0 Å². The maximum atomic E-state index is 3.91. The van der Waals surface area contributed by atoms with Crippen molar-refractivity contribution < 1.29 is 0 Å². The van der Waals surface area contributed by atoms with Gasteiger partial charge in [-0.25, -0.2) is 0 Å². The molecule has 0 N–H and O–H groups in total. The largest absolute Gasteiger partial charge is 0.103 e. The third-order valence-corrected chi connectivity index (χ3v) is 4.66. The van der Waals surface area contributed by atoms with Crippen molar-refractivity contribution >= 4 is 0 Å². The fourth-order valence-corrected chi connectivity index (χ4v) is 3.18. The number of rotatable bonds is 16. The second-order valence-electron chi connectivity index (χ2n) is 6.97. The quantitative estimate of drug-likeness (QED) is 0.200. The highest BCUT2D eigenvalue weighted by Gasteiger charge is 2.06. The zero-order chi connectivity index (χ0) is 17.0. The summed E-state index contributed by atoms with van der Waals surface area (Å²) in [4.78, 5) is 0. The molecule has 0 amide bonds. The fraction of sp³-hybridized carbons (Fsp3) is 0.826. The molecule has 0 aliphatic carbocycles. The highest BCUT2D eigenvalue weighted by molar-refractivity contribution is 4.98. The number of hydrogen-bond acceptors (Lipinski definition) is 0. The van der Waals surface area contributed by atoms with Crippen molar-refractivity contribution in [3.8, 4) is 11.8 Å². The van der Waals surface area contributed by atoms with E-state index >= 15 is 0 Å². The van der Waals surface area contributed by atoms with Crippen LogP contribution in [0.4, 0.5) is 0 Å². The van der Waals surface area contributed by atoms with Crippen LogP contribution in [0.15, 0.2) is 0 Å². The molecule has 2 radical (unpaired) electrons. The molecule has 1 atom stereocenters. The van der Waals surface area contributed by atoms with E-state index in [0.717, 1.165) is 31.6 Å². The van der Waals surface area contributed by atoms with Crippen molar-refractivity contribution in [1.29, 1.82) is 0 Å². The van der Waals surface area contributed by atoms with Gasteiger partial charge in [0, 0.05) is 12.8 Å². The van der Waals surface area contributed by atoms with E-state index in [2.05, 4.69) is 32.6 Å². The second kappa shape index (κ2) is 19.6. The van der Waals surface area contributed by atoms with Crippen LogP contribution in [0.1, 0.15) is 116 Å². The Kier molecular flexibility index (Phi) is 19.2. The Morgan fingerprint density at radius 3 is 1.83 bits per heavy atom. The Labute approximate surface area is 148 Å². The number of unbranched alkanes of at least 4 members (excludes halogenated alkanes) is 10. The molecule has 1 unspecified atom stereocenters. The molecule has 0 aromatic heterocycles. The second-order valence-corrected chi connectivity index (χ2v) is 6.97. The van der Waals surface area contributed by atoms with Crippen LogP contribution in [0.3, 0.4) is 0 Å². The van der Waals surface area contributed by atoms with E-state index in [1.165, 1.54) is 83.5 Å². The van der Waals surface area contributed by atoms with Crippen LogP contribution in [0.5, 0.6) is 0 Å². The average Bonchev–Trinajstić information content (AvgIpc) is 2.56. The van der Waals surface area contributed by atoms with Gasteiger partial charge < -0.3 is 0 Å². The lowest BCUT2D eigenvalue weighted by molar-refractivity contribution is 0.398. The molecule has 0 aliphatic rings. The summed E-state index contributed by atoms with van der Waals surface area (Å²) in [6.45, 7) is 10.1. The molecule has 0 fully saturated rings. The van der Waals surface area contributed by atoms with Gasteiger partial charge in [0.1, 0.15) is 0 Å². The van der Waals surface area contributed by atoms with Crippen molar-refractivity contribution in [2.45, 2.75) is 116 Å². The van der Waals surface area contributed by atoms with Gasteiger partial charge in [-0.05, 0) is 18.8 Å². The molecule has 0 spiro atoms. The van der Waals surface area contributed by atoms with Gasteiger partial charge in [-0.15, -0.1) is 11.8 Å². The van der Waals surface area contributed by atoms with E-state index in [-0.39, 0.29) is 0 Å². The van der Waals surface area contributed by atoms with Gasteiger partial charge in [-0.1, -0.05) is 104 Å². The van der Waals surface area contributed by atoms with Crippen molar-refractivity contribution in [2.24, 2.45) is 5.92 Å². The average molecular weight is 319 g/mol. The monoisotopic (exact) mass is 318 g/mol. The summed E-state index contributed by atoms with van der Waals surface area (Å²) in [6.07, 6.45) is 22.0. The van der Waals surface area contributed by atoms with Gasteiger partial charge in [-0.3, -0.25) is 0 Å². The third-order valence-electron chi connectivity index (χ3n) is 4.66. The zero-order valence-corrected chi connectivity index (χ0v) is 16.0. The normalized spacial score (nSPS) is 12.0. The van der Waals surface area contributed by atoms with Gasteiger partial charge in [0.25, 0.3) is 0 Å². The molecule has 0 heterocycles. The maximum absolute atomic E-state index is 3.91. The van der Waals surface area contributed by atoms with Gasteiger partial charge in [-0.2, -0.15) is 0 Å². The van der Waals surface area contributed by atoms with Crippen LogP contribution in [0, 0.1) is 31.6 Å². The summed E-state index contributed by atoms with van der Waals surface area (Å²) in [6, 6.07) is 0. The first kappa shape index (κ1) is 22.6. The Morgan fingerprint density at radius 2 is 1.17 bits per heavy atom. The first-order valence-electron chi connectivity index (χ1n) is 10.4. The lowest BCUT2D eigenvalue weighted by Crippen LogP contribution is -2.00. The Hall–Kier alpha value is -0.440. The summed E-state index contributed by atoms with van der Waals surface area (Å²) >= 11 is 0. The molecule has 0 bridgehead atoms. The topological polar surface area (TPSA) is 0 Å². The molecule has 134 valence electrons. The van der Waals surface area contributed by atoms with Crippen LogP contribution in [-0.4, -0.2) is 0 Å². The van der Waals surface area contributed by atoms with E-state index in [9.17, 15) is 0 Å². The molecular weight excluding hydrogens is 276 g/mol. The third kappa shape index (κ3) is 17.7. The molecule has 0 aliphatic heterocycles. The van der Waals surface area contributed by atoms with Crippen molar-refractivity contribution in [2.75, 3.05) is 0 Å².